The van der Waals surface area contributed by atoms with Crippen LogP contribution in [0.3, 0.4) is 0 Å². The molecule has 0 radical (unpaired) electrons. The summed E-state index contributed by atoms with van der Waals surface area (Å²) in [6.07, 6.45) is 0. The molecule has 0 aromatic heterocycles. The number of halogens is 1. The summed E-state index contributed by atoms with van der Waals surface area (Å²) in [6, 6.07) is 7.20. The molecular formula is C10H7FO2. The van der Waals surface area contributed by atoms with E-state index in [4.69, 9.17) is 5.11 Å². The van der Waals surface area contributed by atoms with Gasteiger partial charge in [0.05, 0.1) is 0 Å². The lowest BCUT2D eigenvalue weighted by molar-refractivity contribution is 0.435. The van der Waals surface area contributed by atoms with Crippen LogP contribution in [0.5, 0.6) is 11.5 Å². The van der Waals surface area contributed by atoms with Crippen molar-refractivity contribution in [3.8, 4) is 11.5 Å². The molecule has 2 rings (SSSR count). The standard InChI is InChI=1S/C10H7FO2/c11-10-7-2-1-3-8(12)6(7)4-5-9(10)13/h1-5,12-13H. The lowest BCUT2D eigenvalue weighted by atomic mass is 10.1. The van der Waals surface area contributed by atoms with Crippen molar-refractivity contribution >= 4 is 10.8 Å². The highest BCUT2D eigenvalue weighted by Crippen LogP contribution is 2.30. The number of aromatic hydroxyl groups is 2. The second kappa shape index (κ2) is 2.62. The fourth-order valence-electron chi connectivity index (χ4n) is 1.29. The maximum absolute atomic E-state index is 13.2. The maximum Gasteiger partial charge on any atom is 0.172 e. The van der Waals surface area contributed by atoms with Gasteiger partial charge in [0.1, 0.15) is 5.75 Å². The molecule has 0 amide bonds. The van der Waals surface area contributed by atoms with Gasteiger partial charge < -0.3 is 10.2 Å². The Morgan fingerprint density at radius 3 is 2.38 bits per heavy atom. The number of fused-ring (bicyclic) bond motifs is 1. The number of phenols is 2. The van der Waals surface area contributed by atoms with Gasteiger partial charge in [-0.1, -0.05) is 12.1 Å². The molecule has 0 spiro atoms. The van der Waals surface area contributed by atoms with E-state index in [1.54, 1.807) is 0 Å². The molecule has 2 nitrogen and oxygen atoms in total. The molecule has 0 bridgehead atoms. The molecule has 0 atom stereocenters. The SMILES string of the molecule is Oc1ccc2c(O)cccc2c1F. The van der Waals surface area contributed by atoms with Crippen LogP contribution in [-0.2, 0) is 0 Å². The third-order valence-corrected chi connectivity index (χ3v) is 1.95. The van der Waals surface area contributed by atoms with Crippen LogP contribution in [0.1, 0.15) is 0 Å². The number of hydrogen-bond donors (Lipinski definition) is 2. The zero-order valence-corrected chi connectivity index (χ0v) is 6.66. The van der Waals surface area contributed by atoms with Crippen LogP contribution in [0.2, 0.25) is 0 Å². The maximum atomic E-state index is 13.2. The van der Waals surface area contributed by atoms with Gasteiger partial charge in [-0.05, 0) is 18.2 Å². The van der Waals surface area contributed by atoms with E-state index >= 15 is 0 Å². The Balaban J connectivity index is 2.94. The minimum absolute atomic E-state index is 0.0106. The van der Waals surface area contributed by atoms with Crippen LogP contribution in [0, 0.1) is 5.82 Å². The van der Waals surface area contributed by atoms with E-state index in [1.165, 1.54) is 30.3 Å². The number of hydrogen-bond acceptors (Lipinski definition) is 2. The second-order valence-corrected chi connectivity index (χ2v) is 2.77. The van der Waals surface area contributed by atoms with Crippen LogP contribution in [0.15, 0.2) is 30.3 Å². The molecule has 2 N–H and O–H groups in total. The molecule has 0 unspecified atom stereocenters. The van der Waals surface area contributed by atoms with Crippen LogP contribution in [-0.4, -0.2) is 10.2 Å². The molecule has 0 aliphatic carbocycles. The van der Waals surface area contributed by atoms with Gasteiger partial charge in [-0.3, -0.25) is 0 Å². The predicted molar refractivity (Wildman–Crippen MR) is 47.2 cm³/mol. The molecule has 3 heteroatoms. The zero-order valence-electron chi connectivity index (χ0n) is 6.66. The van der Waals surface area contributed by atoms with Crippen molar-refractivity contribution in [1.29, 1.82) is 0 Å². The first-order chi connectivity index (χ1) is 6.20. The van der Waals surface area contributed by atoms with Gasteiger partial charge in [0, 0.05) is 10.8 Å². The van der Waals surface area contributed by atoms with Gasteiger partial charge >= 0.3 is 0 Å². The predicted octanol–water partition coefficient (Wildman–Crippen LogP) is 2.39. The smallest absolute Gasteiger partial charge is 0.172 e. The summed E-state index contributed by atoms with van der Waals surface area (Å²) >= 11 is 0. The van der Waals surface area contributed by atoms with Crippen molar-refractivity contribution in [2.75, 3.05) is 0 Å². The lowest BCUT2D eigenvalue weighted by Crippen LogP contribution is -1.80. The van der Waals surface area contributed by atoms with E-state index in [-0.39, 0.29) is 11.1 Å². The Morgan fingerprint density at radius 2 is 1.62 bits per heavy atom. The number of benzene rings is 2. The molecule has 0 fully saturated rings. The molecule has 2 aromatic rings. The van der Waals surface area contributed by atoms with Gasteiger partial charge in [-0.2, -0.15) is 0 Å². The highest BCUT2D eigenvalue weighted by molar-refractivity contribution is 5.89. The number of phenolic OH excluding ortho intramolecular Hbond substituents is 2. The van der Waals surface area contributed by atoms with Crippen molar-refractivity contribution in [2.45, 2.75) is 0 Å². The first-order valence-corrected chi connectivity index (χ1v) is 3.79. The summed E-state index contributed by atoms with van der Waals surface area (Å²) in [7, 11) is 0. The lowest BCUT2D eigenvalue weighted by Gasteiger charge is -2.02. The topological polar surface area (TPSA) is 40.5 Å². The fraction of sp³-hybridized carbons (Fsp3) is 0. The van der Waals surface area contributed by atoms with Gasteiger partial charge in [0.15, 0.2) is 11.6 Å². The van der Waals surface area contributed by atoms with E-state index in [2.05, 4.69) is 0 Å². The van der Waals surface area contributed by atoms with Gasteiger partial charge in [-0.25, -0.2) is 4.39 Å². The van der Waals surface area contributed by atoms with E-state index < -0.39 is 11.6 Å². The average molecular weight is 178 g/mol. The zero-order chi connectivity index (χ0) is 9.42. The highest BCUT2D eigenvalue weighted by atomic mass is 19.1. The quantitative estimate of drug-likeness (QED) is 0.650. The largest absolute Gasteiger partial charge is 0.507 e. The highest BCUT2D eigenvalue weighted by Gasteiger charge is 2.07. The van der Waals surface area contributed by atoms with E-state index in [1.807, 2.05) is 0 Å². The second-order valence-electron chi connectivity index (χ2n) is 2.77. The van der Waals surface area contributed by atoms with Crippen LogP contribution in [0.25, 0.3) is 10.8 Å². The Labute approximate surface area is 73.9 Å². The van der Waals surface area contributed by atoms with Crippen molar-refractivity contribution < 1.29 is 14.6 Å². The van der Waals surface area contributed by atoms with Gasteiger partial charge in [-0.15, -0.1) is 0 Å². The molecule has 0 heterocycles. The van der Waals surface area contributed by atoms with Crippen LogP contribution in [0.4, 0.5) is 4.39 Å². The summed E-state index contributed by atoms with van der Waals surface area (Å²) < 4.78 is 13.2. The molecule has 2 aromatic carbocycles. The first kappa shape index (κ1) is 7.86. The third-order valence-electron chi connectivity index (χ3n) is 1.95. The normalized spacial score (nSPS) is 10.5. The summed E-state index contributed by atoms with van der Waals surface area (Å²) in [4.78, 5) is 0. The first-order valence-electron chi connectivity index (χ1n) is 3.79. The molecule has 0 saturated heterocycles. The Hall–Kier alpha value is -1.77. The average Bonchev–Trinajstić information content (AvgIpc) is 2.12. The fourth-order valence-corrected chi connectivity index (χ4v) is 1.29. The van der Waals surface area contributed by atoms with Crippen LogP contribution >= 0.6 is 0 Å². The molecule has 66 valence electrons. The monoisotopic (exact) mass is 178 g/mol. The number of rotatable bonds is 0. The molecule has 0 saturated carbocycles. The van der Waals surface area contributed by atoms with E-state index in [0.717, 1.165) is 0 Å². The summed E-state index contributed by atoms with van der Waals surface area (Å²) in [6.45, 7) is 0. The molecular weight excluding hydrogens is 171 g/mol. The minimum atomic E-state index is -0.701. The summed E-state index contributed by atoms with van der Waals surface area (Å²) in [5.74, 6) is -1.09. The van der Waals surface area contributed by atoms with E-state index in [9.17, 15) is 9.50 Å². The van der Waals surface area contributed by atoms with E-state index in [0.29, 0.717) is 5.39 Å². The summed E-state index contributed by atoms with van der Waals surface area (Å²) in [5, 5.41) is 19.0. The van der Waals surface area contributed by atoms with Crippen molar-refractivity contribution in [1.82, 2.24) is 0 Å². The molecule has 0 aliphatic rings. The van der Waals surface area contributed by atoms with Crippen molar-refractivity contribution in [3.63, 3.8) is 0 Å². The molecule has 13 heavy (non-hydrogen) atoms. The van der Waals surface area contributed by atoms with Crippen LogP contribution < -0.4 is 0 Å². The van der Waals surface area contributed by atoms with Gasteiger partial charge in [0.2, 0.25) is 0 Å². The Kier molecular flexibility index (Phi) is 1.59. The van der Waals surface area contributed by atoms with Crippen molar-refractivity contribution in [3.05, 3.63) is 36.1 Å². The molecule has 0 aliphatic heterocycles. The summed E-state index contributed by atoms with van der Waals surface area (Å²) in [5.41, 5.74) is 0. The Morgan fingerprint density at radius 1 is 0.846 bits per heavy atom. The Bertz CT molecular complexity index is 466. The van der Waals surface area contributed by atoms with Crippen molar-refractivity contribution in [2.24, 2.45) is 0 Å². The minimum Gasteiger partial charge on any atom is -0.507 e. The van der Waals surface area contributed by atoms with Gasteiger partial charge in [0.25, 0.3) is 0 Å². The third kappa shape index (κ3) is 1.09.